The molecular weight excluding hydrogens is 301 g/mol. The smallest absolute Gasteiger partial charge is 0.322 e. The molecule has 2 aromatic rings. The van der Waals surface area contributed by atoms with Crippen molar-refractivity contribution in [3.05, 3.63) is 28.2 Å². The fourth-order valence-electron chi connectivity index (χ4n) is 1.56. The minimum absolute atomic E-state index is 0.0529. The van der Waals surface area contributed by atoms with Crippen LogP contribution in [0.1, 0.15) is 26.2 Å². The standard InChI is InChI=1S/C13H13Cl2N3O2/c1-2-3-4-11(19)16-13-18-17-12(20-13)9-7-8(14)5-6-10(9)15/h5-7H,2-4H2,1H3,(H,16,18,19). The van der Waals surface area contributed by atoms with Crippen molar-refractivity contribution in [1.29, 1.82) is 0 Å². The van der Waals surface area contributed by atoms with E-state index in [1.807, 2.05) is 6.92 Å². The Labute approximate surface area is 126 Å². The fourth-order valence-corrected chi connectivity index (χ4v) is 1.93. The molecule has 0 radical (unpaired) electrons. The quantitative estimate of drug-likeness (QED) is 0.899. The first-order chi connectivity index (χ1) is 9.60. The van der Waals surface area contributed by atoms with Crippen LogP contribution in [0.2, 0.25) is 10.0 Å². The average molecular weight is 314 g/mol. The zero-order valence-electron chi connectivity index (χ0n) is 10.8. The van der Waals surface area contributed by atoms with E-state index in [1.165, 1.54) is 0 Å². The van der Waals surface area contributed by atoms with Crippen molar-refractivity contribution >= 4 is 35.1 Å². The largest absolute Gasteiger partial charge is 0.403 e. The first kappa shape index (κ1) is 14.8. The predicted octanol–water partition coefficient (Wildman–Crippen LogP) is 4.17. The Morgan fingerprint density at radius 1 is 1.35 bits per heavy atom. The van der Waals surface area contributed by atoms with Crippen LogP contribution in [-0.4, -0.2) is 16.1 Å². The van der Waals surface area contributed by atoms with Gasteiger partial charge in [-0.1, -0.05) is 41.6 Å². The second-order valence-corrected chi connectivity index (χ2v) is 5.03. The van der Waals surface area contributed by atoms with Crippen molar-refractivity contribution in [1.82, 2.24) is 10.2 Å². The number of aromatic nitrogens is 2. The molecule has 0 unspecified atom stereocenters. The van der Waals surface area contributed by atoms with Gasteiger partial charge in [0.05, 0.1) is 10.6 Å². The lowest BCUT2D eigenvalue weighted by atomic mass is 10.2. The summed E-state index contributed by atoms with van der Waals surface area (Å²) in [6.45, 7) is 2.01. The molecule has 0 spiro atoms. The van der Waals surface area contributed by atoms with E-state index in [0.29, 0.717) is 22.0 Å². The molecule has 106 valence electrons. The number of benzene rings is 1. The molecule has 1 aromatic heterocycles. The minimum atomic E-state index is -0.153. The number of carbonyl (C=O) groups excluding carboxylic acids is 1. The fraction of sp³-hybridized carbons (Fsp3) is 0.308. The average Bonchev–Trinajstić information content (AvgIpc) is 2.87. The molecule has 1 N–H and O–H groups in total. The molecule has 5 nitrogen and oxygen atoms in total. The van der Waals surface area contributed by atoms with Gasteiger partial charge in [-0.05, 0) is 24.6 Å². The van der Waals surface area contributed by atoms with Crippen molar-refractivity contribution in [3.8, 4) is 11.5 Å². The van der Waals surface area contributed by atoms with Crippen LogP contribution < -0.4 is 5.32 Å². The molecule has 1 heterocycles. The molecule has 20 heavy (non-hydrogen) atoms. The highest BCUT2D eigenvalue weighted by Gasteiger charge is 2.14. The van der Waals surface area contributed by atoms with Gasteiger partial charge in [0.1, 0.15) is 0 Å². The lowest BCUT2D eigenvalue weighted by Crippen LogP contribution is -2.11. The maximum atomic E-state index is 11.6. The van der Waals surface area contributed by atoms with Crippen LogP contribution in [-0.2, 0) is 4.79 Å². The monoisotopic (exact) mass is 313 g/mol. The van der Waals surface area contributed by atoms with E-state index < -0.39 is 0 Å². The van der Waals surface area contributed by atoms with Gasteiger partial charge in [0.15, 0.2) is 0 Å². The van der Waals surface area contributed by atoms with E-state index in [2.05, 4.69) is 15.5 Å². The molecule has 0 aliphatic rings. The van der Waals surface area contributed by atoms with Gasteiger partial charge in [0.2, 0.25) is 5.91 Å². The summed E-state index contributed by atoms with van der Waals surface area (Å²) in [7, 11) is 0. The normalized spacial score (nSPS) is 10.6. The number of nitrogens with zero attached hydrogens (tertiary/aromatic N) is 2. The third kappa shape index (κ3) is 3.71. The van der Waals surface area contributed by atoms with Gasteiger partial charge in [0.25, 0.3) is 5.89 Å². The van der Waals surface area contributed by atoms with Gasteiger partial charge in [0, 0.05) is 11.4 Å². The van der Waals surface area contributed by atoms with Crippen LogP contribution in [0.3, 0.4) is 0 Å². The molecule has 0 bridgehead atoms. The van der Waals surface area contributed by atoms with Crippen molar-refractivity contribution in [2.24, 2.45) is 0 Å². The van der Waals surface area contributed by atoms with Crippen molar-refractivity contribution in [2.75, 3.05) is 5.32 Å². The van der Waals surface area contributed by atoms with Gasteiger partial charge >= 0.3 is 6.01 Å². The van der Waals surface area contributed by atoms with Crippen molar-refractivity contribution in [3.63, 3.8) is 0 Å². The van der Waals surface area contributed by atoms with Crippen LogP contribution in [0.4, 0.5) is 6.01 Å². The summed E-state index contributed by atoms with van der Waals surface area (Å²) in [6, 6.07) is 4.98. The van der Waals surface area contributed by atoms with Crippen LogP contribution in [0.5, 0.6) is 0 Å². The molecule has 1 amide bonds. The molecule has 0 aliphatic heterocycles. The Morgan fingerprint density at radius 3 is 2.90 bits per heavy atom. The van der Waals surface area contributed by atoms with Gasteiger partial charge in [-0.2, -0.15) is 0 Å². The highest BCUT2D eigenvalue weighted by molar-refractivity contribution is 6.35. The number of anilines is 1. The molecule has 0 atom stereocenters. The summed E-state index contributed by atoms with van der Waals surface area (Å²) in [5.74, 6) is 0.0579. The molecule has 0 fully saturated rings. The van der Waals surface area contributed by atoms with Gasteiger partial charge < -0.3 is 4.42 Å². The maximum Gasteiger partial charge on any atom is 0.322 e. The van der Waals surface area contributed by atoms with Gasteiger partial charge in [-0.3, -0.25) is 10.1 Å². The third-order valence-electron chi connectivity index (χ3n) is 2.59. The molecular formula is C13H13Cl2N3O2. The number of nitrogens with one attached hydrogen (secondary N) is 1. The molecule has 2 rings (SSSR count). The lowest BCUT2D eigenvalue weighted by molar-refractivity contribution is -0.116. The van der Waals surface area contributed by atoms with E-state index in [-0.39, 0.29) is 17.8 Å². The first-order valence-corrected chi connectivity index (χ1v) is 6.94. The SMILES string of the molecule is CCCCC(=O)Nc1nnc(-c2cc(Cl)ccc2Cl)o1. The molecule has 7 heteroatoms. The molecule has 1 aromatic carbocycles. The third-order valence-corrected chi connectivity index (χ3v) is 3.15. The van der Waals surface area contributed by atoms with Crippen LogP contribution in [0.25, 0.3) is 11.5 Å². The predicted molar refractivity (Wildman–Crippen MR) is 77.9 cm³/mol. The first-order valence-electron chi connectivity index (χ1n) is 6.19. The summed E-state index contributed by atoms with van der Waals surface area (Å²) in [5.41, 5.74) is 0.528. The van der Waals surface area contributed by atoms with E-state index in [0.717, 1.165) is 12.8 Å². The van der Waals surface area contributed by atoms with E-state index >= 15 is 0 Å². The van der Waals surface area contributed by atoms with E-state index in [4.69, 9.17) is 27.6 Å². The van der Waals surface area contributed by atoms with Crippen molar-refractivity contribution in [2.45, 2.75) is 26.2 Å². The molecule has 0 saturated carbocycles. The maximum absolute atomic E-state index is 11.6. The summed E-state index contributed by atoms with van der Waals surface area (Å²) < 4.78 is 5.36. The Hall–Kier alpha value is -1.59. The van der Waals surface area contributed by atoms with Crippen LogP contribution in [0, 0.1) is 0 Å². The number of hydrogen-bond donors (Lipinski definition) is 1. The minimum Gasteiger partial charge on any atom is -0.403 e. The van der Waals surface area contributed by atoms with Gasteiger partial charge in [-0.25, -0.2) is 0 Å². The molecule has 0 saturated heterocycles. The Bertz CT molecular complexity index is 613. The highest BCUT2D eigenvalue weighted by atomic mass is 35.5. The summed E-state index contributed by atoms with van der Waals surface area (Å²) in [5, 5.41) is 11.1. The van der Waals surface area contributed by atoms with E-state index in [1.54, 1.807) is 18.2 Å². The lowest BCUT2D eigenvalue weighted by Gasteiger charge is -2.00. The molecule has 0 aliphatic carbocycles. The van der Waals surface area contributed by atoms with Crippen LogP contribution in [0.15, 0.2) is 22.6 Å². The zero-order valence-corrected chi connectivity index (χ0v) is 12.3. The van der Waals surface area contributed by atoms with Crippen LogP contribution >= 0.6 is 23.2 Å². The summed E-state index contributed by atoms with van der Waals surface area (Å²) in [6.07, 6.45) is 2.18. The van der Waals surface area contributed by atoms with Gasteiger partial charge in [-0.15, -0.1) is 5.10 Å². The van der Waals surface area contributed by atoms with Crippen molar-refractivity contribution < 1.29 is 9.21 Å². The Kier molecular flexibility index (Phi) is 4.98. The second kappa shape index (κ2) is 6.72. The number of hydrogen-bond acceptors (Lipinski definition) is 4. The summed E-state index contributed by atoms with van der Waals surface area (Å²) >= 11 is 11.9. The second-order valence-electron chi connectivity index (χ2n) is 4.19. The summed E-state index contributed by atoms with van der Waals surface area (Å²) in [4.78, 5) is 11.6. The number of rotatable bonds is 5. The number of carbonyl (C=O) groups is 1. The highest BCUT2D eigenvalue weighted by Crippen LogP contribution is 2.30. The zero-order chi connectivity index (χ0) is 14.5. The number of unbranched alkanes of at least 4 members (excludes halogenated alkanes) is 1. The van der Waals surface area contributed by atoms with E-state index in [9.17, 15) is 4.79 Å². The number of amides is 1. The number of halogens is 2. The Balaban J connectivity index is 2.12. The topological polar surface area (TPSA) is 68.0 Å². The Morgan fingerprint density at radius 2 is 2.15 bits per heavy atom.